The molecule has 3 saturated carbocycles. The van der Waals surface area contributed by atoms with E-state index in [1.165, 1.54) is 5.57 Å². The first-order valence-corrected chi connectivity index (χ1v) is 9.82. The van der Waals surface area contributed by atoms with Gasteiger partial charge in [0, 0.05) is 0 Å². The van der Waals surface area contributed by atoms with Gasteiger partial charge in [-0.2, -0.15) is 0 Å². The summed E-state index contributed by atoms with van der Waals surface area (Å²) in [5.74, 6) is 1.16. The number of aliphatic carboxylic acids is 1. The van der Waals surface area contributed by atoms with Crippen LogP contribution in [0.2, 0.25) is 0 Å². The molecule has 4 rings (SSSR count). The highest BCUT2D eigenvalue weighted by molar-refractivity contribution is 5.71. The first-order chi connectivity index (χ1) is 11.2. The second-order valence-corrected chi connectivity index (χ2v) is 9.95. The van der Waals surface area contributed by atoms with Crippen LogP contribution in [0.1, 0.15) is 72.1 Å². The molecule has 0 aromatic rings. The number of fused-ring (bicyclic) bond motifs is 5. The quantitative estimate of drug-likeness (QED) is 0.700. The minimum Gasteiger partial charge on any atom is -0.481 e. The van der Waals surface area contributed by atoms with Crippen LogP contribution in [0, 0.1) is 34.5 Å². The first kappa shape index (κ1) is 16.6. The van der Waals surface area contributed by atoms with E-state index in [0.29, 0.717) is 17.8 Å². The molecule has 0 amide bonds. The lowest BCUT2D eigenvalue weighted by atomic mass is 9.47. The van der Waals surface area contributed by atoms with E-state index in [1.807, 2.05) is 6.92 Å². The average molecular weight is 332 g/mol. The predicted octanol–water partition coefficient (Wildman–Crippen LogP) is 4.40. The predicted molar refractivity (Wildman–Crippen MR) is 93.5 cm³/mol. The second kappa shape index (κ2) is 5.09. The molecule has 24 heavy (non-hydrogen) atoms. The van der Waals surface area contributed by atoms with Crippen LogP contribution in [0.5, 0.6) is 0 Å². The molecular formula is C21H32O3. The topological polar surface area (TPSA) is 57.5 Å². The maximum atomic E-state index is 11.7. The van der Waals surface area contributed by atoms with Crippen molar-refractivity contribution in [3.05, 3.63) is 11.6 Å². The molecule has 4 aliphatic carbocycles. The van der Waals surface area contributed by atoms with Gasteiger partial charge in [0.05, 0.1) is 11.5 Å². The Kier molecular flexibility index (Phi) is 3.53. The van der Waals surface area contributed by atoms with Crippen molar-refractivity contribution in [2.24, 2.45) is 34.5 Å². The molecule has 0 aromatic carbocycles. The van der Waals surface area contributed by atoms with Crippen molar-refractivity contribution < 1.29 is 15.0 Å². The van der Waals surface area contributed by atoms with Crippen LogP contribution in [-0.4, -0.2) is 21.8 Å². The number of hydrogen-bond acceptors (Lipinski definition) is 2. The zero-order valence-electron chi connectivity index (χ0n) is 15.3. The van der Waals surface area contributed by atoms with Gasteiger partial charge in [-0.25, -0.2) is 0 Å². The molecule has 3 heteroatoms. The van der Waals surface area contributed by atoms with Crippen LogP contribution in [0.3, 0.4) is 0 Å². The first-order valence-electron chi connectivity index (χ1n) is 9.82. The Morgan fingerprint density at radius 3 is 2.54 bits per heavy atom. The van der Waals surface area contributed by atoms with Crippen molar-refractivity contribution >= 4 is 5.97 Å². The maximum absolute atomic E-state index is 11.7. The van der Waals surface area contributed by atoms with Crippen molar-refractivity contribution in [2.45, 2.75) is 77.7 Å². The maximum Gasteiger partial charge on any atom is 0.307 e. The van der Waals surface area contributed by atoms with Crippen molar-refractivity contribution in [2.75, 3.05) is 0 Å². The fourth-order valence-electron chi connectivity index (χ4n) is 7.21. The van der Waals surface area contributed by atoms with E-state index < -0.39 is 11.6 Å². The molecule has 134 valence electrons. The highest BCUT2D eigenvalue weighted by Gasteiger charge is 2.60. The highest BCUT2D eigenvalue weighted by atomic mass is 16.4. The van der Waals surface area contributed by atoms with E-state index in [0.717, 1.165) is 51.4 Å². The molecule has 0 bridgehead atoms. The van der Waals surface area contributed by atoms with Crippen LogP contribution in [0.25, 0.3) is 0 Å². The number of aliphatic hydroxyl groups is 1. The summed E-state index contributed by atoms with van der Waals surface area (Å²) < 4.78 is 0. The smallest absolute Gasteiger partial charge is 0.307 e. The summed E-state index contributed by atoms with van der Waals surface area (Å²) in [6, 6.07) is 0. The summed E-state index contributed by atoms with van der Waals surface area (Å²) in [6.45, 7) is 6.66. The second-order valence-electron chi connectivity index (χ2n) is 9.95. The van der Waals surface area contributed by atoms with Gasteiger partial charge in [0.1, 0.15) is 0 Å². The largest absolute Gasteiger partial charge is 0.481 e. The number of carbonyl (C=O) groups is 1. The Morgan fingerprint density at radius 1 is 1.08 bits per heavy atom. The third kappa shape index (κ3) is 2.16. The van der Waals surface area contributed by atoms with Crippen molar-refractivity contribution in [3.8, 4) is 0 Å². The van der Waals surface area contributed by atoms with E-state index in [9.17, 15) is 15.0 Å². The molecule has 0 aromatic heterocycles. The zero-order chi connectivity index (χ0) is 17.3. The van der Waals surface area contributed by atoms with E-state index in [-0.39, 0.29) is 16.7 Å². The van der Waals surface area contributed by atoms with Crippen molar-refractivity contribution in [1.29, 1.82) is 0 Å². The third-order valence-corrected chi connectivity index (χ3v) is 8.68. The van der Waals surface area contributed by atoms with E-state index >= 15 is 0 Å². The fourth-order valence-corrected chi connectivity index (χ4v) is 7.21. The van der Waals surface area contributed by atoms with Crippen LogP contribution in [0.15, 0.2) is 11.6 Å². The van der Waals surface area contributed by atoms with Gasteiger partial charge in [0.15, 0.2) is 0 Å². The highest BCUT2D eigenvalue weighted by Crippen LogP contribution is 2.66. The van der Waals surface area contributed by atoms with Crippen LogP contribution in [-0.2, 0) is 4.79 Å². The number of hydrogen-bond donors (Lipinski definition) is 2. The van der Waals surface area contributed by atoms with E-state index in [1.54, 1.807) is 0 Å². The number of carboxylic acid groups (broad SMARTS) is 1. The van der Waals surface area contributed by atoms with Gasteiger partial charge < -0.3 is 10.2 Å². The molecule has 0 radical (unpaired) electrons. The number of carboxylic acids is 1. The number of allylic oxidation sites excluding steroid dienone is 1. The summed E-state index contributed by atoms with van der Waals surface area (Å²) >= 11 is 0. The molecule has 3 fully saturated rings. The van der Waals surface area contributed by atoms with Gasteiger partial charge in [0.2, 0.25) is 0 Å². The van der Waals surface area contributed by atoms with E-state index in [2.05, 4.69) is 19.9 Å². The van der Waals surface area contributed by atoms with Gasteiger partial charge in [-0.05, 0) is 86.9 Å². The standard InChI is InChI=1S/C21H32O3/c1-19(24)10-11-20(2)13(12-19)4-5-14-15-6-7-17(18(22)23)21(15,3)9-8-16(14)20/h4,14-17,24H,5-12H2,1-3H3,(H,22,23)/t14-,15-,16-,17+,19?,20-,21-/m0/s1. The van der Waals surface area contributed by atoms with Gasteiger partial charge >= 0.3 is 5.97 Å². The van der Waals surface area contributed by atoms with Gasteiger partial charge in [-0.3, -0.25) is 4.79 Å². The molecule has 4 aliphatic rings. The Labute approximate surface area is 145 Å². The van der Waals surface area contributed by atoms with Gasteiger partial charge in [-0.1, -0.05) is 25.5 Å². The van der Waals surface area contributed by atoms with Crippen LogP contribution in [0.4, 0.5) is 0 Å². The lowest BCUT2D eigenvalue weighted by molar-refractivity contribution is -0.149. The van der Waals surface area contributed by atoms with Gasteiger partial charge in [-0.15, -0.1) is 0 Å². The Balaban J connectivity index is 1.66. The molecule has 1 unspecified atom stereocenters. The SMILES string of the molecule is CC1(O)CC[C@@]2(C)C(=CC[C@H]3[C@@H]4CC[C@H](C(=O)O)[C@@]4(C)CC[C@@H]32)C1. The van der Waals surface area contributed by atoms with Crippen molar-refractivity contribution in [1.82, 2.24) is 0 Å². The molecule has 3 nitrogen and oxygen atoms in total. The van der Waals surface area contributed by atoms with Gasteiger partial charge in [0.25, 0.3) is 0 Å². The molecule has 7 atom stereocenters. The zero-order valence-corrected chi connectivity index (χ0v) is 15.3. The minimum atomic E-state index is -0.578. The molecular weight excluding hydrogens is 300 g/mol. The lowest BCUT2D eigenvalue weighted by Gasteiger charge is -2.58. The summed E-state index contributed by atoms with van der Waals surface area (Å²) in [6.07, 6.45) is 10.5. The summed E-state index contributed by atoms with van der Waals surface area (Å²) in [7, 11) is 0. The third-order valence-electron chi connectivity index (χ3n) is 8.68. The lowest BCUT2D eigenvalue weighted by Crippen LogP contribution is -2.52. The number of rotatable bonds is 1. The molecule has 0 saturated heterocycles. The molecule has 2 N–H and O–H groups in total. The summed E-state index contributed by atoms with van der Waals surface area (Å²) in [5.41, 5.74) is 1.17. The Bertz CT molecular complexity index is 592. The molecule has 0 spiro atoms. The van der Waals surface area contributed by atoms with Crippen LogP contribution < -0.4 is 0 Å². The normalized spacial score (nSPS) is 53.6. The minimum absolute atomic E-state index is 0.00510. The Hall–Kier alpha value is -0.830. The summed E-state index contributed by atoms with van der Waals surface area (Å²) in [5, 5.41) is 20.2. The molecule has 0 heterocycles. The fraction of sp³-hybridized carbons (Fsp3) is 0.857. The average Bonchev–Trinajstić information content (AvgIpc) is 2.85. The Morgan fingerprint density at radius 2 is 1.83 bits per heavy atom. The van der Waals surface area contributed by atoms with E-state index in [4.69, 9.17) is 0 Å². The molecule has 0 aliphatic heterocycles. The van der Waals surface area contributed by atoms with Crippen LogP contribution >= 0.6 is 0 Å². The summed E-state index contributed by atoms with van der Waals surface area (Å²) in [4.78, 5) is 11.7. The monoisotopic (exact) mass is 332 g/mol. The van der Waals surface area contributed by atoms with Crippen molar-refractivity contribution in [3.63, 3.8) is 0 Å².